The molecule has 0 unspecified atom stereocenters. The highest BCUT2D eigenvalue weighted by atomic mass is 16.3. The van der Waals surface area contributed by atoms with Gasteiger partial charge in [0.2, 0.25) is 0 Å². The van der Waals surface area contributed by atoms with Crippen LogP contribution >= 0.6 is 0 Å². The van der Waals surface area contributed by atoms with Gasteiger partial charge >= 0.3 is 0 Å². The van der Waals surface area contributed by atoms with Crippen LogP contribution in [0.4, 0.5) is 0 Å². The molecule has 0 aromatic carbocycles. The molecular weight excluding hydrogens is 80.0 g/mol. The quantitative estimate of drug-likeness (QED) is 0.390. The van der Waals surface area contributed by atoms with E-state index < -0.39 is 0 Å². The summed E-state index contributed by atoms with van der Waals surface area (Å²) in [5, 5.41) is 15.7. The first-order valence-corrected chi connectivity index (χ1v) is 1.47. The average molecular weight is 85.1 g/mol. The standard InChI is InChI=1S/C4H5O2/c5-3-1-2-4-6/h3,5-6H,4H2. The molecule has 0 aliphatic rings. The van der Waals surface area contributed by atoms with Crippen LogP contribution in [-0.2, 0) is 0 Å². The van der Waals surface area contributed by atoms with E-state index in [1.165, 1.54) is 0 Å². The molecule has 0 saturated carbocycles. The second-order valence-electron chi connectivity index (χ2n) is 0.608. The monoisotopic (exact) mass is 85.0 g/mol. The van der Waals surface area contributed by atoms with E-state index in [4.69, 9.17) is 10.2 Å². The predicted octanol–water partition coefficient (Wildman–Crippen LogP) is -0.484. The largest absolute Gasteiger partial charge is 0.384 e. The normalized spacial score (nSPS) is 6.33. The Kier molecular flexibility index (Phi) is 4.09. The molecule has 0 aromatic rings. The van der Waals surface area contributed by atoms with Crippen molar-refractivity contribution in [1.82, 2.24) is 0 Å². The van der Waals surface area contributed by atoms with Crippen molar-refractivity contribution in [3.63, 3.8) is 0 Å². The first kappa shape index (κ1) is 5.48. The number of aliphatic hydroxyl groups is 2. The smallest absolute Gasteiger partial charge is 0.151 e. The van der Waals surface area contributed by atoms with Crippen LogP contribution in [-0.4, -0.2) is 16.8 Å². The lowest BCUT2D eigenvalue weighted by Crippen LogP contribution is -1.70. The molecule has 0 amide bonds. The van der Waals surface area contributed by atoms with Gasteiger partial charge in [0.05, 0.1) is 0 Å². The topological polar surface area (TPSA) is 40.5 Å². The zero-order chi connectivity index (χ0) is 4.83. The van der Waals surface area contributed by atoms with E-state index in [2.05, 4.69) is 11.8 Å². The van der Waals surface area contributed by atoms with Crippen LogP contribution in [0.3, 0.4) is 0 Å². The van der Waals surface area contributed by atoms with Gasteiger partial charge in [0.1, 0.15) is 6.61 Å². The molecule has 0 saturated heterocycles. The van der Waals surface area contributed by atoms with Crippen molar-refractivity contribution in [1.29, 1.82) is 0 Å². The molecule has 0 aliphatic heterocycles. The van der Waals surface area contributed by atoms with Crippen molar-refractivity contribution in [2.45, 2.75) is 0 Å². The molecule has 0 aromatic heterocycles. The second kappa shape index (κ2) is 4.48. The summed E-state index contributed by atoms with van der Waals surface area (Å²) in [5.41, 5.74) is 0. The first-order chi connectivity index (χ1) is 2.91. The van der Waals surface area contributed by atoms with Gasteiger partial charge in [-0.2, -0.15) is 0 Å². The van der Waals surface area contributed by atoms with Crippen LogP contribution in [0.5, 0.6) is 0 Å². The lowest BCUT2D eigenvalue weighted by molar-refractivity contribution is 0.350. The second-order valence-corrected chi connectivity index (χ2v) is 0.608. The fourth-order valence-electron chi connectivity index (χ4n) is 0.0913. The Morgan fingerprint density at radius 1 is 1.67 bits per heavy atom. The van der Waals surface area contributed by atoms with Crippen LogP contribution in [0, 0.1) is 18.4 Å². The molecule has 33 valence electrons. The minimum Gasteiger partial charge on any atom is -0.384 e. The Bertz CT molecular complexity index is 59.4. The maximum atomic E-state index is 7.89. The fourth-order valence-corrected chi connectivity index (χ4v) is 0.0913. The van der Waals surface area contributed by atoms with E-state index in [1.54, 1.807) is 0 Å². The molecule has 1 radical (unpaired) electrons. The number of rotatable bonds is 0. The molecule has 0 heterocycles. The van der Waals surface area contributed by atoms with Crippen molar-refractivity contribution >= 4 is 0 Å². The summed E-state index contributed by atoms with van der Waals surface area (Å²) in [7, 11) is 0. The van der Waals surface area contributed by atoms with Gasteiger partial charge in [-0.15, -0.1) is 0 Å². The van der Waals surface area contributed by atoms with E-state index in [1.807, 2.05) is 0 Å². The summed E-state index contributed by atoms with van der Waals surface area (Å²) in [4.78, 5) is 0. The summed E-state index contributed by atoms with van der Waals surface area (Å²) in [6.07, 6.45) is 0. The van der Waals surface area contributed by atoms with E-state index in [-0.39, 0.29) is 6.61 Å². The summed E-state index contributed by atoms with van der Waals surface area (Å²) < 4.78 is 0. The van der Waals surface area contributed by atoms with Gasteiger partial charge in [-0.25, -0.2) is 0 Å². The SMILES string of the molecule is O[CH]C#CCO. The maximum Gasteiger partial charge on any atom is 0.151 e. The van der Waals surface area contributed by atoms with Crippen LogP contribution in [0.2, 0.25) is 0 Å². The zero-order valence-corrected chi connectivity index (χ0v) is 3.18. The highest BCUT2D eigenvalue weighted by molar-refractivity contribution is 5.04. The third-order valence-electron chi connectivity index (χ3n) is 0.246. The molecule has 0 fully saturated rings. The van der Waals surface area contributed by atoms with Gasteiger partial charge in [-0.1, -0.05) is 11.8 Å². The van der Waals surface area contributed by atoms with Gasteiger partial charge in [-0.05, 0) is 0 Å². The van der Waals surface area contributed by atoms with Crippen molar-refractivity contribution < 1.29 is 10.2 Å². The van der Waals surface area contributed by atoms with Gasteiger partial charge in [0.15, 0.2) is 6.61 Å². The Balaban J connectivity index is 2.90. The number of hydrogen-bond acceptors (Lipinski definition) is 2. The van der Waals surface area contributed by atoms with Crippen molar-refractivity contribution in [3.8, 4) is 11.8 Å². The Hall–Kier alpha value is -0.520. The Morgan fingerprint density at radius 2 is 2.33 bits per heavy atom. The third-order valence-corrected chi connectivity index (χ3v) is 0.246. The minimum atomic E-state index is -0.197. The third kappa shape index (κ3) is 3.48. The predicted molar refractivity (Wildman–Crippen MR) is 21.1 cm³/mol. The fraction of sp³-hybridized carbons (Fsp3) is 0.250. The van der Waals surface area contributed by atoms with E-state index >= 15 is 0 Å². The molecular formula is C4H5O2. The average Bonchev–Trinajstić information content (AvgIpc) is 1.61. The van der Waals surface area contributed by atoms with Crippen LogP contribution in [0.15, 0.2) is 0 Å². The zero-order valence-electron chi connectivity index (χ0n) is 3.18. The van der Waals surface area contributed by atoms with E-state index in [0.29, 0.717) is 6.61 Å². The first-order valence-electron chi connectivity index (χ1n) is 1.47. The number of aliphatic hydroxyl groups excluding tert-OH is 2. The van der Waals surface area contributed by atoms with Crippen molar-refractivity contribution in [2.75, 3.05) is 6.61 Å². The van der Waals surface area contributed by atoms with Gasteiger partial charge < -0.3 is 10.2 Å². The minimum absolute atomic E-state index is 0.197. The molecule has 0 aliphatic carbocycles. The molecule has 2 N–H and O–H groups in total. The van der Waals surface area contributed by atoms with Gasteiger partial charge in [-0.3, -0.25) is 0 Å². The highest BCUT2D eigenvalue weighted by Gasteiger charge is 1.58. The van der Waals surface area contributed by atoms with Crippen LogP contribution < -0.4 is 0 Å². The van der Waals surface area contributed by atoms with Crippen molar-refractivity contribution in [3.05, 3.63) is 6.61 Å². The lowest BCUT2D eigenvalue weighted by atomic mass is 10.6. The van der Waals surface area contributed by atoms with E-state index in [9.17, 15) is 0 Å². The van der Waals surface area contributed by atoms with Crippen LogP contribution in [0.1, 0.15) is 0 Å². The molecule has 0 atom stereocenters. The van der Waals surface area contributed by atoms with Crippen molar-refractivity contribution in [2.24, 2.45) is 0 Å². The van der Waals surface area contributed by atoms with Gasteiger partial charge in [0, 0.05) is 0 Å². The molecule has 0 spiro atoms. The van der Waals surface area contributed by atoms with Gasteiger partial charge in [0.25, 0.3) is 0 Å². The number of hydrogen-bond donors (Lipinski definition) is 2. The molecule has 0 rings (SSSR count). The maximum absolute atomic E-state index is 7.89. The molecule has 2 nitrogen and oxygen atoms in total. The molecule has 2 heteroatoms. The molecule has 0 bridgehead atoms. The molecule has 6 heavy (non-hydrogen) atoms. The Labute approximate surface area is 36.4 Å². The van der Waals surface area contributed by atoms with Crippen LogP contribution in [0.25, 0.3) is 0 Å². The highest BCUT2D eigenvalue weighted by Crippen LogP contribution is 1.55. The summed E-state index contributed by atoms with van der Waals surface area (Å²) in [6.45, 7) is 0.493. The summed E-state index contributed by atoms with van der Waals surface area (Å²) in [6, 6.07) is 0. The summed E-state index contributed by atoms with van der Waals surface area (Å²) >= 11 is 0. The van der Waals surface area contributed by atoms with E-state index in [0.717, 1.165) is 0 Å². The lowest BCUT2D eigenvalue weighted by Gasteiger charge is -1.65. The Morgan fingerprint density at radius 3 is 2.50 bits per heavy atom. The summed E-state index contributed by atoms with van der Waals surface area (Å²) in [5.74, 6) is 4.33.